The van der Waals surface area contributed by atoms with Gasteiger partial charge in [-0.25, -0.2) is 0 Å². The van der Waals surface area contributed by atoms with Gasteiger partial charge in [-0.05, 0) is 6.07 Å². The number of ether oxygens (including phenoxy) is 2. The van der Waals surface area contributed by atoms with E-state index in [1.807, 2.05) is 32.0 Å². The summed E-state index contributed by atoms with van der Waals surface area (Å²) in [6, 6.07) is 5.94. The summed E-state index contributed by atoms with van der Waals surface area (Å²) in [6.07, 6.45) is -0.453. The molecule has 1 aromatic rings. The normalized spacial score (nSPS) is 19.4. The standard InChI is InChI=1S/C15H23NO4/c1-10(2)16-7-13(18)9-19-14-5-3-4-11-6-12(17)8-20-15(11)14/h3-5,10,12-13,16-18H,6-9H2,1-2H3. The molecule has 5 nitrogen and oxygen atoms in total. The summed E-state index contributed by atoms with van der Waals surface area (Å²) >= 11 is 0. The smallest absolute Gasteiger partial charge is 0.164 e. The lowest BCUT2D eigenvalue weighted by Crippen LogP contribution is -2.35. The molecule has 0 bridgehead atoms. The number of aliphatic hydroxyl groups is 2. The van der Waals surface area contributed by atoms with E-state index in [0.717, 1.165) is 5.56 Å². The van der Waals surface area contributed by atoms with Crippen LogP contribution in [0.25, 0.3) is 0 Å². The predicted octanol–water partition coefficient (Wildman–Crippen LogP) is 0.720. The average molecular weight is 281 g/mol. The first-order chi connectivity index (χ1) is 9.56. The fourth-order valence-electron chi connectivity index (χ4n) is 2.11. The molecule has 0 amide bonds. The highest BCUT2D eigenvalue weighted by Gasteiger charge is 2.21. The maximum Gasteiger partial charge on any atom is 0.164 e. The number of nitrogens with one attached hydrogen (secondary N) is 1. The molecule has 0 saturated heterocycles. The number of rotatable bonds is 6. The van der Waals surface area contributed by atoms with Gasteiger partial charge in [0.1, 0.15) is 19.3 Å². The molecule has 20 heavy (non-hydrogen) atoms. The van der Waals surface area contributed by atoms with E-state index < -0.39 is 12.2 Å². The number of aliphatic hydroxyl groups excluding tert-OH is 2. The van der Waals surface area contributed by atoms with Crippen LogP contribution in [-0.2, 0) is 6.42 Å². The first-order valence-corrected chi connectivity index (χ1v) is 7.03. The Morgan fingerprint density at radius 2 is 2.25 bits per heavy atom. The predicted molar refractivity (Wildman–Crippen MR) is 76.3 cm³/mol. The molecular weight excluding hydrogens is 258 g/mol. The molecule has 3 N–H and O–H groups in total. The summed E-state index contributed by atoms with van der Waals surface area (Å²) < 4.78 is 11.2. The van der Waals surface area contributed by atoms with Crippen molar-refractivity contribution >= 4 is 0 Å². The quantitative estimate of drug-likeness (QED) is 0.717. The van der Waals surface area contributed by atoms with Gasteiger partial charge in [0, 0.05) is 24.6 Å². The summed E-state index contributed by atoms with van der Waals surface area (Å²) in [5.41, 5.74) is 0.941. The Bertz CT molecular complexity index is 436. The monoisotopic (exact) mass is 281 g/mol. The lowest BCUT2D eigenvalue weighted by atomic mass is 10.0. The van der Waals surface area contributed by atoms with Crippen LogP contribution in [0, 0.1) is 0 Å². The van der Waals surface area contributed by atoms with Crippen LogP contribution in [0.2, 0.25) is 0 Å². The van der Waals surface area contributed by atoms with Crippen molar-refractivity contribution < 1.29 is 19.7 Å². The molecule has 1 aliphatic heterocycles. The van der Waals surface area contributed by atoms with Gasteiger partial charge in [0.05, 0.1) is 6.10 Å². The fraction of sp³-hybridized carbons (Fsp3) is 0.600. The lowest BCUT2D eigenvalue weighted by Gasteiger charge is -2.24. The molecule has 1 heterocycles. The second-order valence-corrected chi connectivity index (χ2v) is 5.44. The molecule has 5 heteroatoms. The maximum atomic E-state index is 9.84. The largest absolute Gasteiger partial charge is 0.487 e. The molecule has 0 fully saturated rings. The summed E-state index contributed by atoms with van der Waals surface area (Å²) in [5, 5.41) is 22.6. The Hall–Kier alpha value is -1.30. The molecule has 112 valence electrons. The van der Waals surface area contributed by atoms with Crippen molar-refractivity contribution in [1.29, 1.82) is 0 Å². The topological polar surface area (TPSA) is 71.0 Å². The number of para-hydroxylation sites is 1. The van der Waals surface area contributed by atoms with Gasteiger partial charge >= 0.3 is 0 Å². The van der Waals surface area contributed by atoms with Crippen LogP contribution in [0.3, 0.4) is 0 Å². The molecular formula is C15H23NO4. The SMILES string of the molecule is CC(C)NCC(O)COc1cccc2c1OCC(O)C2. The Balaban J connectivity index is 1.92. The first kappa shape index (κ1) is 15.1. The van der Waals surface area contributed by atoms with Crippen LogP contribution in [0.15, 0.2) is 18.2 Å². The molecule has 1 aromatic carbocycles. The Kier molecular flexibility index (Phi) is 5.23. The summed E-state index contributed by atoms with van der Waals surface area (Å²) in [5.74, 6) is 1.31. The van der Waals surface area contributed by atoms with E-state index >= 15 is 0 Å². The van der Waals surface area contributed by atoms with E-state index in [1.165, 1.54) is 0 Å². The number of fused-ring (bicyclic) bond motifs is 1. The number of hydrogen-bond donors (Lipinski definition) is 3. The third-order valence-corrected chi connectivity index (χ3v) is 3.13. The van der Waals surface area contributed by atoms with Crippen LogP contribution < -0.4 is 14.8 Å². The third kappa shape index (κ3) is 4.10. The molecule has 0 aromatic heterocycles. The van der Waals surface area contributed by atoms with Crippen molar-refractivity contribution in [2.45, 2.75) is 38.5 Å². The van der Waals surface area contributed by atoms with Crippen molar-refractivity contribution in [2.75, 3.05) is 19.8 Å². The van der Waals surface area contributed by atoms with Crippen molar-refractivity contribution in [3.63, 3.8) is 0 Å². The second kappa shape index (κ2) is 6.92. The minimum absolute atomic E-state index is 0.210. The van der Waals surface area contributed by atoms with Crippen molar-refractivity contribution in [3.8, 4) is 11.5 Å². The Morgan fingerprint density at radius 3 is 3.00 bits per heavy atom. The molecule has 0 saturated carbocycles. The molecule has 2 unspecified atom stereocenters. The highest BCUT2D eigenvalue weighted by molar-refractivity contribution is 5.48. The molecule has 0 spiro atoms. The van der Waals surface area contributed by atoms with Gasteiger partial charge in [-0.3, -0.25) is 0 Å². The van der Waals surface area contributed by atoms with E-state index in [1.54, 1.807) is 0 Å². The van der Waals surface area contributed by atoms with E-state index in [-0.39, 0.29) is 13.2 Å². The highest BCUT2D eigenvalue weighted by atomic mass is 16.5. The zero-order chi connectivity index (χ0) is 14.5. The van der Waals surface area contributed by atoms with Gasteiger partial charge in [-0.15, -0.1) is 0 Å². The summed E-state index contributed by atoms with van der Waals surface area (Å²) in [7, 11) is 0. The highest BCUT2D eigenvalue weighted by Crippen LogP contribution is 2.34. The van der Waals surface area contributed by atoms with Gasteiger partial charge < -0.3 is 25.0 Å². The molecule has 2 atom stereocenters. The number of benzene rings is 1. The molecule has 0 aliphatic carbocycles. The zero-order valence-electron chi connectivity index (χ0n) is 12.0. The average Bonchev–Trinajstić information content (AvgIpc) is 2.42. The molecule has 1 aliphatic rings. The summed E-state index contributed by atoms with van der Waals surface area (Å²) in [6.45, 7) is 5.04. The lowest BCUT2D eigenvalue weighted by molar-refractivity contribution is 0.0810. The second-order valence-electron chi connectivity index (χ2n) is 5.44. The first-order valence-electron chi connectivity index (χ1n) is 7.03. The van der Waals surface area contributed by atoms with Gasteiger partial charge in [-0.2, -0.15) is 0 Å². The minimum Gasteiger partial charge on any atom is -0.487 e. The van der Waals surface area contributed by atoms with Crippen LogP contribution in [0.1, 0.15) is 19.4 Å². The Morgan fingerprint density at radius 1 is 1.45 bits per heavy atom. The van der Waals surface area contributed by atoms with Gasteiger partial charge in [0.25, 0.3) is 0 Å². The van der Waals surface area contributed by atoms with Gasteiger partial charge in [-0.1, -0.05) is 26.0 Å². The van der Waals surface area contributed by atoms with Gasteiger partial charge in [0.2, 0.25) is 0 Å². The third-order valence-electron chi connectivity index (χ3n) is 3.13. The van der Waals surface area contributed by atoms with E-state index in [4.69, 9.17) is 9.47 Å². The van der Waals surface area contributed by atoms with E-state index in [0.29, 0.717) is 30.5 Å². The summed E-state index contributed by atoms with van der Waals surface area (Å²) in [4.78, 5) is 0. The fourth-order valence-corrected chi connectivity index (χ4v) is 2.11. The number of hydrogen-bond acceptors (Lipinski definition) is 5. The maximum absolute atomic E-state index is 9.84. The van der Waals surface area contributed by atoms with Crippen molar-refractivity contribution in [1.82, 2.24) is 5.32 Å². The van der Waals surface area contributed by atoms with E-state index in [2.05, 4.69) is 5.32 Å². The minimum atomic E-state index is -0.567. The van der Waals surface area contributed by atoms with Crippen molar-refractivity contribution in [2.24, 2.45) is 0 Å². The van der Waals surface area contributed by atoms with Crippen LogP contribution >= 0.6 is 0 Å². The molecule has 2 rings (SSSR count). The Labute approximate surface area is 119 Å². The van der Waals surface area contributed by atoms with Crippen LogP contribution in [0.5, 0.6) is 11.5 Å². The zero-order valence-corrected chi connectivity index (χ0v) is 12.0. The van der Waals surface area contributed by atoms with Crippen LogP contribution in [-0.4, -0.2) is 48.2 Å². The van der Waals surface area contributed by atoms with Crippen LogP contribution in [0.4, 0.5) is 0 Å². The van der Waals surface area contributed by atoms with Gasteiger partial charge in [0.15, 0.2) is 11.5 Å². The molecule has 0 radical (unpaired) electrons. The van der Waals surface area contributed by atoms with Crippen molar-refractivity contribution in [3.05, 3.63) is 23.8 Å². The van der Waals surface area contributed by atoms with E-state index in [9.17, 15) is 10.2 Å².